The summed E-state index contributed by atoms with van der Waals surface area (Å²) >= 11 is 0. The number of hydrogen-bond donors (Lipinski definition) is 1. The smallest absolute Gasteiger partial charge is 0.0902 e. The van der Waals surface area contributed by atoms with Crippen LogP contribution in [0.4, 0.5) is 0 Å². The zero-order valence-electron chi connectivity index (χ0n) is 13.0. The lowest BCUT2D eigenvalue weighted by Crippen LogP contribution is -1.97. The number of hydrogen-bond acceptors (Lipinski definition) is 3. The van der Waals surface area contributed by atoms with E-state index in [1.807, 2.05) is 6.20 Å². The molecule has 2 heterocycles. The molecule has 0 aliphatic carbocycles. The van der Waals surface area contributed by atoms with Gasteiger partial charge < -0.3 is 5.11 Å². The first-order chi connectivity index (χ1) is 10.3. The predicted molar refractivity (Wildman–Crippen MR) is 85.2 cm³/mol. The number of aromatic nitrogens is 3. The molecule has 4 nitrogen and oxygen atoms in total. The van der Waals surface area contributed by atoms with Crippen molar-refractivity contribution in [1.29, 1.82) is 0 Å². The highest BCUT2D eigenvalue weighted by molar-refractivity contribution is 5.52. The lowest BCUT2D eigenvalue weighted by Gasteiger charge is -2.09. The van der Waals surface area contributed by atoms with Crippen molar-refractivity contribution in [2.45, 2.75) is 70.8 Å². The minimum absolute atomic E-state index is 0.424. The lowest BCUT2D eigenvalue weighted by molar-refractivity contribution is 0.164. The van der Waals surface area contributed by atoms with Crippen LogP contribution in [0.5, 0.6) is 0 Å². The van der Waals surface area contributed by atoms with Crippen LogP contribution in [0.2, 0.25) is 0 Å². The highest BCUT2D eigenvalue weighted by atomic mass is 16.3. The van der Waals surface area contributed by atoms with Gasteiger partial charge in [-0.2, -0.15) is 5.10 Å². The molecule has 2 rings (SSSR count). The average molecular weight is 289 g/mol. The number of aliphatic hydroxyl groups excluding tert-OH is 1. The molecule has 1 N–H and O–H groups in total. The topological polar surface area (TPSA) is 50.4 Å². The Bertz CT molecular complexity index is 523. The molecule has 2 aromatic rings. The Kier molecular flexibility index (Phi) is 6.67. The second-order valence-electron chi connectivity index (χ2n) is 5.79. The Morgan fingerprint density at radius 2 is 1.76 bits per heavy atom. The van der Waals surface area contributed by atoms with Crippen LogP contribution >= 0.6 is 0 Å². The maximum absolute atomic E-state index is 10.3. The molecular weight excluding hydrogens is 262 g/mol. The molecule has 1 atom stereocenters. The van der Waals surface area contributed by atoms with Gasteiger partial charge in [0.1, 0.15) is 0 Å². The van der Waals surface area contributed by atoms with Gasteiger partial charge in [0.2, 0.25) is 0 Å². The van der Waals surface area contributed by atoms with E-state index in [-0.39, 0.29) is 0 Å². The first-order valence-corrected chi connectivity index (χ1v) is 8.28. The molecule has 0 bridgehead atoms. The Morgan fingerprint density at radius 3 is 2.52 bits per heavy atom. The maximum Gasteiger partial charge on any atom is 0.0902 e. The molecule has 0 radical (unpaired) electrons. The van der Waals surface area contributed by atoms with Crippen LogP contribution < -0.4 is 0 Å². The van der Waals surface area contributed by atoms with Crippen molar-refractivity contribution in [3.8, 4) is 0 Å². The highest BCUT2D eigenvalue weighted by Gasteiger charge is 2.13. The van der Waals surface area contributed by atoms with Crippen molar-refractivity contribution in [1.82, 2.24) is 14.6 Å². The first-order valence-electron chi connectivity index (χ1n) is 8.28. The van der Waals surface area contributed by atoms with E-state index in [0.717, 1.165) is 23.9 Å². The number of fused-ring (bicyclic) bond motifs is 1. The van der Waals surface area contributed by atoms with Crippen molar-refractivity contribution < 1.29 is 5.11 Å². The summed E-state index contributed by atoms with van der Waals surface area (Å²) in [5.74, 6) is 0. The van der Waals surface area contributed by atoms with E-state index in [1.165, 1.54) is 44.9 Å². The lowest BCUT2D eigenvalue weighted by atomic mass is 10.0. The second kappa shape index (κ2) is 8.78. The standard InChI is InChI=1S/C17H27N3O/c1-2-3-4-5-6-7-8-9-10-17(21)15-13-19-20-12-11-18-14-16(15)20/h11-14,17,21H,2-10H2,1H3. The molecule has 0 saturated heterocycles. The fourth-order valence-corrected chi connectivity index (χ4v) is 2.74. The van der Waals surface area contributed by atoms with Crippen LogP contribution in [0.1, 0.15) is 76.4 Å². The van der Waals surface area contributed by atoms with Crippen LogP contribution in [0.25, 0.3) is 5.52 Å². The molecular formula is C17H27N3O. The Labute approximate surface area is 127 Å². The number of aliphatic hydroxyl groups is 1. The largest absolute Gasteiger partial charge is 0.388 e. The molecule has 1 unspecified atom stereocenters. The third-order valence-corrected chi connectivity index (χ3v) is 4.04. The Hall–Kier alpha value is -1.42. The average Bonchev–Trinajstić information content (AvgIpc) is 2.94. The fourth-order valence-electron chi connectivity index (χ4n) is 2.74. The predicted octanol–water partition coefficient (Wildman–Crippen LogP) is 4.29. The van der Waals surface area contributed by atoms with Gasteiger partial charge in [-0.3, -0.25) is 4.98 Å². The van der Waals surface area contributed by atoms with Crippen molar-refractivity contribution in [2.75, 3.05) is 0 Å². The van der Waals surface area contributed by atoms with E-state index < -0.39 is 6.10 Å². The summed E-state index contributed by atoms with van der Waals surface area (Å²) in [5.41, 5.74) is 1.80. The van der Waals surface area contributed by atoms with E-state index in [2.05, 4.69) is 17.0 Å². The zero-order valence-corrected chi connectivity index (χ0v) is 13.0. The summed E-state index contributed by atoms with van der Waals surface area (Å²) in [4.78, 5) is 4.10. The van der Waals surface area contributed by atoms with E-state index in [1.54, 1.807) is 23.1 Å². The Balaban J connectivity index is 1.67. The van der Waals surface area contributed by atoms with Crippen molar-refractivity contribution in [3.63, 3.8) is 0 Å². The van der Waals surface area contributed by atoms with Gasteiger partial charge in [-0.15, -0.1) is 0 Å². The molecule has 0 aliphatic rings. The molecule has 21 heavy (non-hydrogen) atoms. The summed E-state index contributed by atoms with van der Waals surface area (Å²) < 4.78 is 1.76. The summed E-state index contributed by atoms with van der Waals surface area (Å²) in [7, 11) is 0. The molecule has 4 heteroatoms. The van der Waals surface area contributed by atoms with Gasteiger partial charge in [-0.25, -0.2) is 4.52 Å². The van der Waals surface area contributed by atoms with E-state index in [4.69, 9.17) is 0 Å². The van der Waals surface area contributed by atoms with Crippen LogP contribution in [0.15, 0.2) is 24.8 Å². The third kappa shape index (κ3) is 4.81. The van der Waals surface area contributed by atoms with E-state index in [9.17, 15) is 5.11 Å². The summed E-state index contributed by atoms with van der Waals surface area (Å²) in [6.45, 7) is 2.25. The SMILES string of the molecule is CCCCCCCCCCC(O)c1cnn2ccncc12. The van der Waals surface area contributed by atoms with Gasteiger partial charge in [-0.05, 0) is 6.42 Å². The number of rotatable bonds is 10. The van der Waals surface area contributed by atoms with Crippen molar-refractivity contribution >= 4 is 5.52 Å². The van der Waals surface area contributed by atoms with Gasteiger partial charge in [0.05, 0.1) is 24.0 Å². The molecule has 2 aromatic heterocycles. The normalized spacial score (nSPS) is 12.9. The molecule has 0 amide bonds. The fraction of sp³-hybridized carbons (Fsp3) is 0.647. The van der Waals surface area contributed by atoms with Gasteiger partial charge in [0.25, 0.3) is 0 Å². The maximum atomic E-state index is 10.3. The van der Waals surface area contributed by atoms with E-state index >= 15 is 0 Å². The zero-order chi connectivity index (χ0) is 14.9. The molecule has 0 spiro atoms. The number of unbranched alkanes of at least 4 members (excludes halogenated alkanes) is 7. The Morgan fingerprint density at radius 1 is 1.05 bits per heavy atom. The second-order valence-corrected chi connectivity index (χ2v) is 5.79. The van der Waals surface area contributed by atoms with Gasteiger partial charge >= 0.3 is 0 Å². The molecule has 0 saturated carbocycles. The summed E-state index contributed by atoms with van der Waals surface area (Å²) in [6.07, 6.45) is 17.7. The molecule has 0 fully saturated rings. The van der Waals surface area contributed by atoms with Crippen LogP contribution in [0.3, 0.4) is 0 Å². The monoisotopic (exact) mass is 289 g/mol. The minimum atomic E-state index is -0.424. The quantitative estimate of drug-likeness (QED) is 0.664. The van der Waals surface area contributed by atoms with Gasteiger partial charge in [-0.1, -0.05) is 58.3 Å². The van der Waals surface area contributed by atoms with Crippen molar-refractivity contribution in [3.05, 3.63) is 30.4 Å². The molecule has 0 aromatic carbocycles. The van der Waals surface area contributed by atoms with Crippen LogP contribution in [0, 0.1) is 0 Å². The minimum Gasteiger partial charge on any atom is -0.388 e. The third-order valence-electron chi connectivity index (χ3n) is 4.04. The molecule has 116 valence electrons. The number of nitrogens with zero attached hydrogens (tertiary/aromatic N) is 3. The van der Waals surface area contributed by atoms with Crippen molar-refractivity contribution in [2.24, 2.45) is 0 Å². The highest BCUT2D eigenvalue weighted by Crippen LogP contribution is 2.23. The molecule has 0 aliphatic heterocycles. The van der Waals surface area contributed by atoms with E-state index in [0.29, 0.717) is 0 Å². The van der Waals surface area contributed by atoms with Gasteiger partial charge in [0, 0.05) is 18.0 Å². The first kappa shape index (κ1) is 16.0. The van der Waals surface area contributed by atoms with Crippen LogP contribution in [-0.2, 0) is 0 Å². The van der Waals surface area contributed by atoms with Gasteiger partial charge in [0.15, 0.2) is 0 Å². The van der Waals surface area contributed by atoms with Crippen LogP contribution in [-0.4, -0.2) is 19.7 Å². The summed E-state index contributed by atoms with van der Waals surface area (Å²) in [5, 5.41) is 14.5. The summed E-state index contributed by atoms with van der Waals surface area (Å²) in [6, 6.07) is 0.